The third-order valence-electron chi connectivity index (χ3n) is 2.66. The van der Waals surface area contributed by atoms with Gasteiger partial charge in [0, 0.05) is 30.8 Å². The van der Waals surface area contributed by atoms with Gasteiger partial charge in [0.1, 0.15) is 0 Å². The second kappa shape index (κ2) is 7.20. The van der Waals surface area contributed by atoms with E-state index in [-0.39, 0.29) is 18.7 Å². The summed E-state index contributed by atoms with van der Waals surface area (Å²) in [5.41, 5.74) is 0.838. The molecular weight excluding hydrogens is 282 g/mol. The fourth-order valence-corrected chi connectivity index (χ4v) is 1.51. The average molecular weight is 297 g/mol. The molecule has 0 aliphatic heterocycles. The van der Waals surface area contributed by atoms with Crippen molar-refractivity contribution in [2.45, 2.75) is 19.4 Å². The molecule has 9 heteroatoms. The van der Waals surface area contributed by atoms with Gasteiger partial charge in [0.15, 0.2) is 6.10 Å². The predicted molar refractivity (Wildman–Crippen MR) is 73.1 cm³/mol. The summed E-state index contributed by atoms with van der Waals surface area (Å²) in [6.07, 6.45) is -1.66. The van der Waals surface area contributed by atoms with Crippen LogP contribution in [0.25, 0.3) is 0 Å². The molecule has 0 saturated heterocycles. The zero-order valence-electron chi connectivity index (χ0n) is 11.2. The number of hydrogen-bond acceptors (Lipinski definition) is 5. The second-order valence-electron chi connectivity index (χ2n) is 4.28. The number of carbonyl (C=O) groups excluding carboxylic acids is 1. The minimum atomic E-state index is -1.54. The molecule has 0 fully saturated rings. The number of amides is 2. The SMILES string of the molecule is Cc1cc([N+](=O)[O-])ccc1NC(=O)NCCC(O)C(=O)O. The smallest absolute Gasteiger partial charge is 0.332 e. The Morgan fingerprint density at radius 1 is 1.43 bits per heavy atom. The number of aliphatic carboxylic acids is 1. The molecule has 1 unspecified atom stereocenters. The first-order chi connectivity index (χ1) is 9.81. The van der Waals surface area contributed by atoms with Gasteiger partial charge in [-0.1, -0.05) is 0 Å². The first-order valence-corrected chi connectivity index (χ1v) is 6.02. The van der Waals surface area contributed by atoms with Gasteiger partial charge in [-0.05, 0) is 18.6 Å². The van der Waals surface area contributed by atoms with E-state index in [0.717, 1.165) is 0 Å². The lowest BCUT2D eigenvalue weighted by molar-refractivity contribution is -0.384. The molecule has 9 nitrogen and oxygen atoms in total. The van der Waals surface area contributed by atoms with Crippen molar-refractivity contribution in [3.05, 3.63) is 33.9 Å². The van der Waals surface area contributed by atoms with Gasteiger partial charge in [0.2, 0.25) is 0 Å². The fraction of sp³-hybridized carbons (Fsp3) is 0.333. The molecule has 21 heavy (non-hydrogen) atoms. The maximum Gasteiger partial charge on any atom is 0.332 e. The van der Waals surface area contributed by atoms with E-state index < -0.39 is 23.0 Å². The summed E-state index contributed by atoms with van der Waals surface area (Å²) in [5.74, 6) is -1.36. The van der Waals surface area contributed by atoms with Gasteiger partial charge in [0.05, 0.1) is 4.92 Å². The number of hydrogen-bond donors (Lipinski definition) is 4. The number of nitrogens with one attached hydrogen (secondary N) is 2. The molecule has 2 amide bonds. The van der Waals surface area contributed by atoms with Crippen LogP contribution >= 0.6 is 0 Å². The van der Waals surface area contributed by atoms with Crippen LogP contribution in [-0.2, 0) is 4.79 Å². The number of aliphatic hydroxyl groups excluding tert-OH is 1. The van der Waals surface area contributed by atoms with E-state index in [4.69, 9.17) is 10.2 Å². The second-order valence-corrected chi connectivity index (χ2v) is 4.28. The molecule has 0 radical (unpaired) electrons. The Hall–Kier alpha value is -2.68. The Balaban J connectivity index is 2.52. The third-order valence-corrected chi connectivity index (χ3v) is 2.66. The molecular formula is C12H15N3O6. The van der Waals surface area contributed by atoms with Gasteiger partial charge in [-0.3, -0.25) is 10.1 Å². The van der Waals surface area contributed by atoms with E-state index in [1.54, 1.807) is 6.92 Å². The number of urea groups is 1. The summed E-state index contributed by atoms with van der Waals surface area (Å²) in [6, 6.07) is 3.39. The Kier molecular flexibility index (Phi) is 5.61. The number of aliphatic hydroxyl groups is 1. The van der Waals surface area contributed by atoms with E-state index in [0.29, 0.717) is 11.3 Å². The highest BCUT2D eigenvalue weighted by Gasteiger charge is 2.13. The van der Waals surface area contributed by atoms with Gasteiger partial charge in [-0.15, -0.1) is 0 Å². The number of anilines is 1. The van der Waals surface area contributed by atoms with Crippen molar-refractivity contribution in [2.75, 3.05) is 11.9 Å². The molecule has 1 aromatic rings. The molecule has 0 aliphatic carbocycles. The Morgan fingerprint density at radius 3 is 2.62 bits per heavy atom. The first kappa shape index (κ1) is 16.4. The summed E-state index contributed by atoms with van der Waals surface area (Å²) in [7, 11) is 0. The number of aryl methyl sites for hydroxylation is 1. The maximum absolute atomic E-state index is 11.5. The number of nitrogens with zero attached hydrogens (tertiary/aromatic N) is 1. The summed E-state index contributed by atoms with van der Waals surface area (Å²) in [4.78, 5) is 32.0. The predicted octanol–water partition coefficient (Wildman–Crippen LogP) is 0.860. The monoisotopic (exact) mass is 297 g/mol. The van der Waals surface area contributed by atoms with E-state index in [1.165, 1.54) is 18.2 Å². The number of nitro benzene ring substituents is 1. The highest BCUT2D eigenvalue weighted by molar-refractivity contribution is 5.90. The van der Waals surface area contributed by atoms with Crippen molar-refractivity contribution in [1.82, 2.24) is 5.32 Å². The quantitative estimate of drug-likeness (QED) is 0.453. The van der Waals surface area contributed by atoms with Crippen molar-refractivity contribution < 1.29 is 24.7 Å². The van der Waals surface area contributed by atoms with Gasteiger partial charge < -0.3 is 20.8 Å². The van der Waals surface area contributed by atoms with Crippen LogP contribution in [0.2, 0.25) is 0 Å². The summed E-state index contributed by atoms with van der Waals surface area (Å²) in [6.45, 7) is 1.59. The van der Waals surface area contributed by atoms with Gasteiger partial charge >= 0.3 is 12.0 Å². The number of carboxylic acids is 1. The lowest BCUT2D eigenvalue weighted by Gasteiger charge is -2.10. The molecule has 4 N–H and O–H groups in total. The number of carboxylic acid groups (broad SMARTS) is 1. The topological polar surface area (TPSA) is 142 Å². The Labute approximate surface area is 119 Å². The normalized spacial score (nSPS) is 11.5. The first-order valence-electron chi connectivity index (χ1n) is 6.02. The van der Waals surface area contributed by atoms with E-state index in [2.05, 4.69) is 10.6 Å². The summed E-state index contributed by atoms with van der Waals surface area (Å²) < 4.78 is 0. The van der Waals surface area contributed by atoms with Crippen molar-refractivity contribution in [2.24, 2.45) is 0 Å². The number of nitro groups is 1. The van der Waals surface area contributed by atoms with Gasteiger partial charge in [-0.2, -0.15) is 0 Å². The molecule has 1 aromatic carbocycles. The van der Waals surface area contributed by atoms with Gasteiger partial charge in [0.25, 0.3) is 5.69 Å². The number of benzene rings is 1. The van der Waals surface area contributed by atoms with Crippen molar-refractivity contribution in [3.63, 3.8) is 0 Å². The number of rotatable bonds is 6. The van der Waals surface area contributed by atoms with E-state index >= 15 is 0 Å². The zero-order chi connectivity index (χ0) is 16.0. The molecule has 0 aliphatic rings. The lowest BCUT2D eigenvalue weighted by atomic mass is 10.2. The lowest BCUT2D eigenvalue weighted by Crippen LogP contribution is -2.33. The van der Waals surface area contributed by atoms with Crippen molar-refractivity contribution in [3.8, 4) is 0 Å². The standard InChI is InChI=1S/C12H15N3O6/c1-7-6-8(15(20)21)2-3-9(7)14-12(19)13-5-4-10(16)11(17)18/h2-3,6,10,16H,4-5H2,1H3,(H,17,18)(H2,13,14,19). The number of non-ortho nitro benzene ring substituents is 1. The highest BCUT2D eigenvalue weighted by Crippen LogP contribution is 2.20. The molecule has 0 saturated carbocycles. The maximum atomic E-state index is 11.5. The van der Waals surface area contributed by atoms with Crippen LogP contribution < -0.4 is 10.6 Å². The largest absolute Gasteiger partial charge is 0.479 e. The van der Waals surface area contributed by atoms with Crippen LogP contribution in [0.3, 0.4) is 0 Å². The van der Waals surface area contributed by atoms with Crippen molar-refractivity contribution >= 4 is 23.4 Å². The molecule has 114 valence electrons. The highest BCUT2D eigenvalue weighted by atomic mass is 16.6. The minimum Gasteiger partial charge on any atom is -0.479 e. The summed E-state index contributed by atoms with van der Waals surface area (Å²) in [5, 5.41) is 32.9. The Bertz CT molecular complexity index is 560. The van der Waals surface area contributed by atoms with E-state index in [9.17, 15) is 19.7 Å². The van der Waals surface area contributed by atoms with Crippen LogP contribution in [0, 0.1) is 17.0 Å². The Morgan fingerprint density at radius 2 is 2.10 bits per heavy atom. The molecule has 1 atom stereocenters. The van der Waals surface area contributed by atoms with Crippen molar-refractivity contribution in [1.29, 1.82) is 0 Å². The van der Waals surface area contributed by atoms with Crippen LogP contribution in [0.5, 0.6) is 0 Å². The van der Waals surface area contributed by atoms with E-state index in [1.807, 2.05) is 0 Å². The molecule has 0 bridgehead atoms. The van der Waals surface area contributed by atoms with Crippen LogP contribution in [0.15, 0.2) is 18.2 Å². The molecule has 1 rings (SSSR count). The zero-order valence-corrected chi connectivity index (χ0v) is 11.2. The fourth-order valence-electron chi connectivity index (χ4n) is 1.51. The molecule has 0 aromatic heterocycles. The number of carbonyl (C=O) groups is 2. The molecule has 0 spiro atoms. The van der Waals surface area contributed by atoms with Gasteiger partial charge in [-0.25, -0.2) is 9.59 Å². The molecule has 0 heterocycles. The summed E-state index contributed by atoms with van der Waals surface area (Å²) >= 11 is 0. The van der Waals surface area contributed by atoms with Crippen LogP contribution in [0.4, 0.5) is 16.2 Å². The van der Waals surface area contributed by atoms with Crippen LogP contribution in [0.1, 0.15) is 12.0 Å². The third kappa shape index (κ3) is 5.07. The minimum absolute atomic E-state index is 0.0225. The average Bonchev–Trinajstić information content (AvgIpc) is 2.40. The van der Waals surface area contributed by atoms with Crippen LogP contribution in [-0.4, -0.2) is 39.8 Å².